The van der Waals surface area contributed by atoms with Crippen LogP contribution < -0.4 is 10.2 Å². The summed E-state index contributed by atoms with van der Waals surface area (Å²) >= 11 is 0. The third-order valence-corrected chi connectivity index (χ3v) is 3.44. The molecule has 1 heterocycles. The predicted molar refractivity (Wildman–Crippen MR) is 77.8 cm³/mol. The molecule has 0 aliphatic carbocycles. The molecule has 112 valence electrons. The van der Waals surface area contributed by atoms with Gasteiger partial charge in [0.2, 0.25) is 11.8 Å². The SMILES string of the molecule is CCC(=O)Nc1ccc(N2C[C@H](C(=O)OC)CC2=O)cc1. The monoisotopic (exact) mass is 290 g/mol. The fourth-order valence-electron chi connectivity index (χ4n) is 2.26. The maximum atomic E-state index is 12.0. The van der Waals surface area contributed by atoms with Crippen LogP contribution in [0.5, 0.6) is 0 Å². The average molecular weight is 290 g/mol. The summed E-state index contributed by atoms with van der Waals surface area (Å²) in [7, 11) is 1.32. The van der Waals surface area contributed by atoms with Crippen molar-refractivity contribution in [1.29, 1.82) is 0 Å². The molecule has 1 N–H and O–H groups in total. The molecule has 0 unspecified atom stereocenters. The van der Waals surface area contributed by atoms with Crippen molar-refractivity contribution in [3.8, 4) is 0 Å². The second-order valence-corrected chi connectivity index (χ2v) is 4.88. The average Bonchev–Trinajstić information content (AvgIpc) is 2.89. The largest absolute Gasteiger partial charge is 0.469 e. The van der Waals surface area contributed by atoms with Crippen molar-refractivity contribution < 1.29 is 19.1 Å². The topological polar surface area (TPSA) is 75.7 Å². The van der Waals surface area contributed by atoms with Crippen molar-refractivity contribution in [1.82, 2.24) is 0 Å². The Balaban J connectivity index is 2.07. The molecule has 1 fully saturated rings. The normalized spacial score (nSPS) is 17.7. The van der Waals surface area contributed by atoms with E-state index in [2.05, 4.69) is 10.1 Å². The third-order valence-electron chi connectivity index (χ3n) is 3.44. The smallest absolute Gasteiger partial charge is 0.311 e. The lowest BCUT2D eigenvalue weighted by molar-refractivity contribution is -0.145. The van der Waals surface area contributed by atoms with Crippen molar-refractivity contribution in [2.75, 3.05) is 23.9 Å². The van der Waals surface area contributed by atoms with E-state index >= 15 is 0 Å². The number of nitrogens with one attached hydrogen (secondary N) is 1. The Kier molecular flexibility index (Phi) is 4.57. The van der Waals surface area contributed by atoms with Gasteiger partial charge in [-0.25, -0.2) is 0 Å². The first-order chi connectivity index (χ1) is 10.0. The maximum absolute atomic E-state index is 12.0. The highest BCUT2D eigenvalue weighted by Gasteiger charge is 2.35. The Morgan fingerprint density at radius 2 is 2.00 bits per heavy atom. The van der Waals surface area contributed by atoms with Crippen LogP contribution in [0.2, 0.25) is 0 Å². The summed E-state index contributed by atoms with van der Waals surface area (Å²) in [5.41, 5.74) is 1.39. The number of methoxy groups -OCH3 is 1. The van der Waals surface area contributed by atoms with E-state index in [9.17, 15) is 14.4 Å². The van der Waals surface area contributed by atoms with Gasteiger partial charge < -0.3 is 15.0 Å². The summed E-state index contributed by atoms with van der Waals surface area (Å²) in [6.45, 7) is 2.10. The molecule has 0 spiro atoms. The number of benzene rings is 1. The number of anilines is 2. The van der Waals surface area contributed by atoms with Crippen molar-refractivity contribution in [2.24, 2.45) is 5.92 Å². The summed E-state index contributed by atoms with van der Waals surface area (Å²) in [5, 5.41) is 2.74. The number of ether oxygens (including phenoxy) is 1. The Labute approximate surface area is 123 Å². The number of nitrogens with zero attached hydrogens (tertiary/aromatic N) is 1. The molecular formula is C15H18N2O4. The molecule has 0 aromatic heterocycles. The van der Waals surface area contributed by atoms with Gasteiger partial charge in [-0.2, -0.15) is 0 Å². The molecule has 1 aliphatic heterocycles. The van der Waals surface area contributed by atoms with Gasteiger partial charge in [-0.1, -0.05) is 6.92 Å². The first-order valence-corrected chi connectivity index (χ1v) is 6.83. The molecule has 1 aliphatic rings. The highest BCUT2D eigenvalue weighted by atomic mass is 16.5. The lowest BCUT2D eigenvalue weighted by atomic mass is 10.1. The van der Waals surface area contributed by atoms with Crippen LogP contribution in [-0.4, -0.2) is 31.4 Å². The number of hydrogen-bond donors (Lipinski definition) is 1. The van der Waals surface area contributed by atoms with Crippen LogP contribution in [0.1, 0.15) is 19.8 Å². The van der Waals surface area contributed by atoms with Crippen LogP contribution in [-0.2, 0) is 19.1 Å². The quantitative estimate of drug-likeness (QED) is 0.854. The van der Waals surface area contributed by atoms with Gasteiger partial charge in [0.15, 0.2) is 0 Å². The van der Waals surface area contributed by atoms with E-state index in [4.69, 9.17) is 0 Å². The van der Waals surface area contributed by atoms with E-state index in [0.717, 1.165) is 0 Å². The highest BCUT2D eigenvalue weighted by Crippen LogP contribution is 2.26. The molecule has 0 bridgehead atoms. The molecular weight excluding hydrogens is 272 g/mol. The molecule has 6 nitrogen and oxygen atoms in total. The molecule has 0 saturated carbocycles. The van der Waals surface area contributed by atoms with Gasteiger partial charge in [0.25, 0.3) is 0 Å². The Bertz CT molecular complexity index is 553. The van der Waals surface area contributed by atoms with E-state index in [1.807, 2.05) is 0 Å². The minimum absolute atomic E-state index is 0.0641. The first kappa shape index (κ1) is 15.0. The molecule has 1 atom stereocenters. The van der Waals surface area contributed by atoms with Crippen LogP contribution in [0.15, 0.2) is 24.3 Å². The van der Waals surface area contributed by atoms with Crippen LogP contribution in [0.3, 0.4) is 0 Å². The fourth-order valence-corrected chi connectivity index (χ4v) is 2.26. The van der Waals surface area contributed by atoms with Crippen molar-refractivity contribution in [3.63, 3.8) is 0 Å². The van der Waals surface area contributed by atoms with Gasteiger partial charge in [0.05, 0.1) is 13.0 Å². The lowest BCUT2D eigenvalue weighted by Gasteiger charge is -2.17. The van der Waals surface area contributed by atoms with Crippen molar-refractivity contribution >= 4 is 29.2 Å². The molecule has 1 aromatic rings. The van der Waals surface area contributed by atoms with Crippen LogP contribution >= 0.6 is 0 Å². The van der Waals surface area contributed by atoms with Gasteiger partial charge in [-0.15, -0.1) is 0 Å². The van der Waals surface area contributed by atoms with E-state index in [-0.39, 0.29) is 24.2 Å². The zero-order chi connectivity index (χ0) is 15.4. The highest BCUT2D eigenvalue weighted by molar-refractivity contribution is 5.99. The van der Waals surface area contributed by atoms with Crippen LogP contribution in [0, 0.1) is 5.92 Å². The number of esters is 1. The minimum atomic E-state index is -0.415. The number of carbonyl (C=O) groups excluding carboxylic acids is 3. The number of rotatable bonds is 4. The molecule has 1 aromatic carbocycles. The number of amides is 2. The van der Waals surface area contributed by atoms with Crippen LogP contribution in [0.25, 0.3) is 0 Å². The predicted octanol–water partition coefficient (Wildman–Crippen LogP) is 1.56. The van der Waals surface area contributed by atoms with Gasteiger partial charge in [-0.05, 0) is 24.3 Å². The number of hydrogen-bond acceptors (Lipinski definition) is 4. The van der Waals surface area contributed by atoms with Crippen molar-refractivity contribution in [3.05, 3.63) is 24.3 Å². The van der Waals surface area contributed by atoms with Crippen molar-refractivity contribution in [2.45, 2.75) is 19.8 Å². The summed E-state index contributed by atoms with van der Waals surface area (Å²) < 4.78 is 4.68. The first-order valence-electron chi connectivity index (χ1n) is 6.83. The molecule has 1 saturated heterocycles. The van der Waals surface area contributed by atoms with Gasteiger partial charge in [-0.3, -0.25) is 14.4 Å². The Morgan fingerprint density at radius 3 is 2.57 bits per heavy atom. The molecule has 21 heavy (non-hydrogen) atoms. The van der Waals surface area contributed by atoms with Gasteiger partial charge in [0, 0.05) is 30.8 Å². The van der Waals surface area contributed by atoms with Gasteiger partial charge in [0.1, 0.15) is 0 Å². The zero-order valence-electron chi connectivity index (χ0n) is 12.1. The van der Waals surface area contributed by atoms with E-state index in [1.165, 1.54) is 7.11 Å². The third kappa shape index (κ3) is 3.39. The standard InChI is InChI=1S/C15H18N2O4/c1-3-13(18)16-11-4-6-12(7-5-11)17-9-10(8-14(17)19)15(20)21-2/h4-7,10H,3,8-9H2,1-2H3,(H,16,18)/t10-/m1/s1. The molecule has 6 heteroatoms. The fraction of sp³-hybridized carbons (Fsp3) is 0.400. The van der Waals surface area contributed by atoms with Crippen LogP contribution in [0.4, 0.5) is 11.4 Å². The Morgan fingerprint density at radius 1 is 1.33 bits per heavy atom. The molecule has 2 amide bonds. The lowest BCUT2D eigenvalue weighted by Crippen LogP contribution is -2.26. The second kappa shape index (κ2) is 6.39. The zero-order valence-corrected chi connectivity index (χ0v) is 12.1. The Hall–Kier alpha value is -2.37. The minimum Gasteiger partial charge on any atom is -0.469 e. The summed E-state index contributed by atoms with van der Waals surface area (Å²) in [6, 6.07) is 6.98. The van der Waals surface area contributed by atoms with E-state index in [1.54, 1.807) is 36.1 Å². The summed E-state index contributed by atoms with van der Waals surface area (Å²) in [6.07, 6.45) is 0.578. The summed E-state index contributed by atoms with van der Waals surface area (Å²) in [5.74, 6) is -0.943. The summed E-state index contributed by atoms with van der Waals surface area (Å²) in [4.78, 5) is 36.3. The maximum Gasteiger partial charge on any atom is 0.311 e. The van der Waals surface area contributed by atoms with E-state index < -0.39 is 5.92 Å². The molecule has 2 rings (SSSR count). The van der Waals surface area contributed by atoms with E-state index in [0.29, 0.717) is 24.3 Å². The second-order valence-electron chi connectivity index (χ2n) is 4.88. The number of carbonyl (C=O) groups is 3. The molecule has 0 radical (unpaired) electrons. The van der Waals surface area contributed by atoms with Gasteiger partial charge >= 0.3 is 5.97 Å².